The predicted octanol–water partition coefficient (Wildman–Crippen LogP) is 3.06. The molecule has 0 saturated heterocycles. The molecular formula is C19H32IN3O3. The lowest BCUT2D eigenvalue weighted by Crippen LogP contribution is -2.38. The molecule has 0 unspecified atom stereocenters. The highest BCUT2D eigenvalue weighted by atomic mass is 127. The normalized spacial score (nSPS) is 10.7. The first kappa shape index (κ1) is 24.5. The van der Waals surface area contributed by atoms with E-state index in [-0.39, 0.29) is 29.9 Å². The number of esters is 1. The van der Waals surface area contributed by atoms with Crippen molar-refractivity contribution in [3.63, 3.8) is 0 Å². The average Bonchev–Trinajstić information content (AvgIpc) is 2.62. The molecule has 0 amide bonds. The van der Waals surface area contributed by atoms with Gasteiger partial charge in [0.05, 0.1) is 14.2 Å². The van der Waals surface area contributed by atoms with Crippen molar-refractivity contribution >= 4 is 35.9 Å². The molecule has 0 atom stereocenters. The fraction of sp³-hybridized carbons (Fsp3) is 0.579. The van der Waals surface area contributed by atoms with Crippen molar-refractivity contribution < 1.29 is 14.3 Å². The number of ether oxygens (including phenoxy) is 2. The Balaban J connectivity index is 0.00000625. The molecule has 0 aliphatic rings. The van der Waals surface area contributed by atoms with Gasteiger partial charge in [-0.25, -0.2) is 0 Å². The number of hydrogen-bond donors (Lipinski definition) is 2. The number of halogens is 1. The third-order valence-corrected chi connectivity index (χ3v) is 3.92. The molecule has 2 N–H and O–H groups in total. The van der Waals surface area contributed by atoms with Crippen molar-refractivity contribution in [1.29, 1.82) is 0 Å². The SMILES string of the molecule is CN=C(NCCCCCC(=O)OC)NCCc1cc(C)ccc1OC.I. The average molecular weight is 477 g/mol. The topological polar surface area (TPSA) is 72.0 Å². The smallest absolute Gasteiger partial charge is 0.305 e. The van der Waals surface area contributed by atoms with Crippen LogP contribution < -0.4 is 15.4 Å². The van der Waals surface area contributed by atoms with Gasteiger partial charge >= 0.3 is 5.97 Å². The molecule has 6 nitrogen and oxygen atoms in total. The van der Waals surface area contributed by atoms with Crippen molar-refractivity contribution in [3.05, 3.63) is 29.3 Å². The maximum absolute atomic E-state index is 11.0. The molecule has 0 bridgehead atoms. The second kappa shape index (κ2) is 14.6. The molecule has 1 aromatic rings. The summed E-state index contributed by atoms with van der Waals surface area (Å²) in [5.41, 5.74) is 2.42. The molecule has 0 heterocycles. The van der Waals surface area contributed by atoms with Gasteiger partial charge in [0.15, 0.2) is 5.96 Å². The highest BCUT2D eigenvalue weighted by molar-refractivity contribution is 14.0. The summed E-state index contributed by atoms with van der Waals surface area (Å²) in [5, 5.41) is 6.61. The van der Waals surface area contributed by atoms with Crippen LogP contribution in [0.4, 0.5) is 0 Å². The fourth-order valence-corrected chi connectivity index (χ4v) is 2.52. The Morgan fingerprint density at radius 3 is 2.50 bits per heavy atom. The number of unbranched alkanes of at least 4 members (excludes halogenated alkanes) is 2. The van der Waals surface area contributed by atoms with E-state index < -0.39 is 0 Å². The van der Waals surface area contributed by atoms with Crippen LogP contribution in [0.5, 0.6) is 5.75 Å². The zero-order chi connectivity index (χ0) is 18.5. The van der Waals surface area contributed by atoms with Crippen molar-refractivity contribution in [1.82, 2.24) is 10.6 Å². The molecule has 0 fully saturated rings. The van der Waals surface area contributed by atoms with E-state index >= 15 is 0 Å². The summed E-state index contributed by atoms with van der Waals surface area (Å²) >= 11 is 0. The van der Waals surface area contributed by atoms with Gasteiger partial charge in [0.1, 0.15) is 5.75 Å². The van der Waals surface area contributed by atoms with E-state index in [4.69, 9.17) is 4.74 Å². The van der Waals surface area contributed by atoms with Crippen LogP contribution in [0.3, 0.4) is 0 Å². The van der Waals surface area contributed by atoms with Crippen LogP contribution >= 0.6 is 24.0 Å². The van der Waals surface area contributed by atoms with Gasteiger partial charge in [0, 0.05) is 26.6 Å². The van der Waals surface area contributed by atoms with E-state index in [9.17, 15) is 4.79 Å². The third kappa shape index (κ3) is 9.84. The van der Waals surface area contributed by atoms with Gasteiger partial charge in [-0.05, 0) is 37.8 Å². The van der Waals surface area contributed by atoms with Gasteiger partial charge in [0.2, 0.25) is 0 Å². The molecule has 148 valence electrons. The van der Waals surface area contributed by atoms with E-state index in [0.717, 1.165) is 50.5 Å². The number of benzene rings is 1. The summed E-state index contributed by atoms with van der Waals surface area (Å²) in [6, 6.07) is 6.21. The van der Waals surface area contributed by atoms with Crippen LogP contribution in [0.1, 0.15) is 36.8 Å². The highest BCUT2D eigenvalue weighted by Gasteiger charge is 2.04. The number of carbonyl (C=O) groups excluding carboxylic acids is 1. The molecule has 7 heteroatoms. The first-order valence-corrected chi connectivity index (χ1v) is 8.75. The number of hydrogen-bond acceptors (Lipinski definition) is 4. The van der Waals surface area contributed by atoms with Crippen LogP contribution in [-0.2, 0) is 16.0 Å². The molecule has 0 saturated carbocycles. The Morgan fingerprint density at radius 1 is 1.12 bits per heavy atom. The number of aliphatic imine (C=N–C) groups is 1. The van der Waals surface area contributed by atoms with Crippen molar-refractivity contribution in [2.24, 2.45) is 4.99 Å². The van der Waals surface area contributed by atoms with Gasteiger partial charge in [-0.2, -0.15) is 0 Å². The van der Waals surface area contributed by atoms with Crippen LogP contribution in [0.2, 0.25) is 0 Å². The lowest BCUT2D eigenvalue weighted by Gasteiger charge is -2.13. The number of nitrogens with zero attached hydrogens (tertiary/aromatic N) is 1. The van der Waals surface area contributed by atoms with Crippen LogP contribution in [0, 0.1) is 6.92 Å². The number of aryl methyl sites for hydroxylation is 1. The van der Waals surface area contributed by atoms with Gasteiger partial charge in [0.25, 0.3) is 0 Å². The van der Waals surface area contributed by atoms with E-state index in [1.807, 2.05) is 6.07 Å². The Kier molecular flexibility index (Phi) is 13.8. The van der Waals surface area contributed by atoms with Crippen molar-refractivity contribution in [2.75, 3.05) is 34.4 Å². The fourth-order valence-electron chi connectivity index (χ4n) is 2.52. The minimum Gasteiger partial charge on any atom is -0.496 e. The van der Waals surface area contributed by atoms with Crippen molar-refractivity contribution in [3.8, 4) is 5.75 Å². The quantitative estimate of drug-likeness (QED) is 0.178. The zero-order valence-electron chi connectivity index (χ0n) is 16.3. The molecule has 0 aliphatic carbocycles. The van der Waals surface area contributed by atoms with Gasteiger partial charge in [-0.3, -0.25) is 9.79 Å². The summed E-state index contributed by atoms with van der Waals surface area (Å²) in [4.78, 5) is 15.3. The summed E-state index contributed by atoms with van der Waals surface area (Å²) in [6.45, 7) is 3.69. The lowest BCUT2D eigenvalue weighted by molar-refractivity contribution is -0.140. The Bertz CT molecular complexity index is 565. The van der Waals surface area contributed by atoms with Gasteiger partial charge in [-0.15, -0.1) is 24.0 Å². The summed E-state index contributed by atoms with van der Waals surface area (Å²) in [6.07, 6.45) is 4.18. The number of methoxy groups -OCH3 is 2. The maximum Gasteiger partial charge on any atom is 0.305 e. The highest BCUT2D eigenvalue weighted by Crippen LogP contribution is 2.19. The first-order chi connectivity index (χ1) is 12.1. The molecule has 0 aromatic heterocycles. The molecule has 26 heavy (non-hydrogen) atoms. The maximum atomic E-state index is 11.0. The summed E-state index contributed by atoms with van der Waals surface area (Å²) in [7, 11) is 4.88. The molecule has 0 aliphatic heterocycles. The van der Waals surface area contributed by atoms with E-state index in [2.05, 4.69) is 39.4 Å². The van der Waals surface area contributed by atoms with Crippen LogP contribution in [0.15, 0.2) is 23.2 Å². The number of rotatable bonds is 10. The largest absolute Gasteiger partial charge is 0.496 e. The lowest BCUT2D eigenvalue weighted by atomic mass is 10.1. The van der Waals surface area contributed by atoms with E-state index in [1.54, 1.807) is 14.2 Å². The number of guanidine groups is 1. The van der Waals surface area contributed by atoms with Gasteiger partial charge < -0.3 is 20.1 Å². The molecular weight excluding hydrogens is 445 g/mol. The minimum atomic E-state index is -0.142. The second-order valence-electron chi connectivity index (χ2n) is 5.88. The second-order valence-corrected chi connectivity index (χ2v) is 5.88. The standard InChI is InChI=1S/C19H31N3O3.HI/c1-15-9-10-17(24-3)16(14-15)11-13-22-19(20-2)21-12-7-5-6-8-18(23)25-4;/h9-10,14H,5-8,11-13H2,1-4H3,(H2,20,21,22);1H. The molecule has 1 rings (SSSR count). The van der Waals surface area contributed by atoms with Crippen LogP contribution in [0.25, 0.3) is 0 Å². The third-order valence-electron chi connectivity index (χ3n) is 3.92. The van der Waals surface area contributed by atoms with E-state index in [1.165, 1.54) is 18.2 Å². The molecule has 0 radical (unpaired) electrons. The predicted molar refractivity (Wildman–Crippen MR) is 117 cm³/mol. The van der Waals surface area contributed by atoms with Crippen molar-refractivity contribution in [2.45, 2.75) is 39.0 Å². The van der Waals surface area contributed by atoms with Crippen LogP contribution in [-0.4, -0.2) is 46.3 Å². The Hall–Kier alpha value is -1.51. The summed E-state index contributed by atoms with van der Waals surface area (Å²) in [5.74, 6) is 1.57. The Labute approximate surface area is 174 Å². The monoisotopic (exact) mass is 477 g/mol. The molecule has 0 spiro atoms. The van der Waals surface area contributed by atoms with E-state index in [0.29, 0.717) is 6.42 Å². The number of nitrogens with one attached hydrogen (secondary N) is 2. The molecule has 1 aromatic carbocycles. The Morgan fingerprint density at radius 2 is 1.85 bits per heavy atom. The number of carbonyl (C=O) groups is 1. The summed E-state index contributed by atoms with van der Waals surface area (Å²) < 4.78 is 10.0. The zero-order valence-corrected chi connectivity index (χ0v) is 18.6. The van der Waals surface area contributed by atoms with Gasteiger partial charge in [-0.1, -0.05) is 24.1 Å². The first-order valence-electron chi connectivity index (χ1n) is 8.75. The minimum absolute atomic E-state index is 0.